The molecule has 1 aromatic rings. The first-order chi connectivity index (χ1) is 10.1. The Bertz CT molecular complexity index is 616. The maximum atomic E-state index is 12.0. The molecule has 2 atom stereocenters. The molecule has 1 amide bonds. The number of ether oxygens (including phenoxy) is 2. The van der Waals surface area contributed by atoms with E-state index in [4.69, 9.17) is 9.47 Å². The molecule has 0 saturated carbocycles. The lowest BCUT2D eigenvalue weighted by molar-refractivity contribution is -0.148. The van der Waals surface area contributed by atoms with Crippen LogP contribution in [0.3, 0.4) is 0 Å². The fraction of sp³-hybridized carbons (Fsp3) is 0.286. The lowest BCUT2D eigenvalue weighted by Crippen LogP contribution is -2.58. The predicted octanol–water partition coefficient (Wildman–Crippen LogP) is 2.26. The second-order valence-corrected chi connectivity index (χ2v) is 6.54. The molecule has 110 valence electrons. The number of amides is 1. The van der Waals surface area contributed by atoms with Gasteiger partial charge in [-0.05, 0) is 17.7 Å². The summed E-state index contributed by atoms with van der Waals surface area (Å²) in [4.78, 5) is 25.0. The van der Waals surface area contributed by atoms with Crippen molar-refractivity contribution in [3.8, 4) is 5.75 Å². The lowest BCUT2D eigenvalue weighted by Gasteiger charge is -2.39. The standard InChI is InChI=1S/C14H12BrNO4S/c1-19-9-4-2-8(3-5-9)6-20-14(18)10-7-21-13-11(15)12(17)16(10)13/h2-5,7,11,13H,6H2,1H3/t11-,13-/m1/s1. The van der Waals surface area contributed by atoms with Crippen molar-refractivity contribution in [1.82, 2.24) is 4.90 Å². The van der Waals surface area contributed by atoms with Gasteiger partial charge in [-0.3, -0.25) is 9.69 Å². The Balaban J connectivity index is 1.58. The van der Waals surface area contributed by atoms with Crippen LogP contribution < -0.4 is 4.74 Å². The van der Waals surface area contributed by atoms with E-state index in [1.807, 2.05) is 12.1 Å². The molecule has 2 aliphatic heterocycles. The van der Waals surface area contributed by atoms with Gasteiger partial charge in [0, 0.05) is 5.41 Å². The van der Waals surface area contributed by atoms with Gasteiger partial charge in [0.25, 0.3) is 0 Å². The highest BCUT2D eigenvalue weighted by atomic mass is 79.9. The summed E-state index contributed by atoms with van der Waals surface area (Å²) in [6.07, 6.45) is 0. The van der Waals surface area contributed by atoms with Gasteiger partial charge in [0.2, 0.25) is 5.91 Å². The van der Waals surface area contributed by atoms with E-state index in [2.05, 4.69) is 15.9 Å². The first-order valence-corrected chi connectivity index (χ1v) is 8.10. The first-order valence-electron chi connectivity index (χ1n) is 6.24. The molecule has 0 unspecified atom stereocenters. The van der Waals surface area contributed by atoms with Crippen molar-refractivity contribution in [2.45, 2.75) is 16.8 Å². The molecule has 0 N–H and O–H groups in total. The van der Waals surface area contributed by atoms with E-state index in [-0.39, 0.29) is 22.7 Å². The number of nitrogens with zero attached hydrogens (tertiary/aromatic N) is 1. The molecule has 7 heteroatoms. The van der Waals surface area contributed by atoms with Crippen LogP contribution in [0.2, 0.25) is 0 Å². The quantitative estimate of drug-likeness (QED) is 0.462. The second kappa shape index (κ2) is 5.73. The molecule has 0 radical (unpaired) electrons. The van der Waals surface area contributed by atoms with E-state index in [1.54, 1.807) is 24.7 Å². The van der Waals surface area contributed by atoms with Gasteiger partial charge in [-0.15, -0.1) is 11.8 Å². The first kappa shape index (κ1) is 14.5. The van der Waals surface area contributed by atoms with E-state index in [1.165, 1.54) is 16.7 Å². The van der Waals surface area contributed by atoms with Crippen LogP contribution in [0.1, 0.15) is 5.56 Å². The third kappa shape index (κ3) is 2.55. The zero-order valence-electron chi connectivity index (χ0n) is 11.1. The van der Waals surface area contributed by atoms with Crippen molar-refractivity contribution in [2.75, 3.05) is 7.11 Å². The molecule has 0 bridgehead atoms. The highest BCUT2D eigenvalue weighted by Gasteiger charge is 2.52. The Kier molecular flexibility index (Phi) is 3.95. The van der Waals surface area contributed by atoms with E-state index < -0.39 is 5.97 Å². The number of esters is 1. The Morgan fingerprint density at radius 2 is 2.10 bits per heavy atom. The molecule has 1 saturated heterocycles. The topological polar surface area (TPSA) is 55.8 Å². The number of hydrogen-bond donors (Lipinski definition) is 0. The Morgan fingerprint density at radius 3 is 2.76 bits per heavy atom. The summed E-state index contributed by atoms with van der Waals surface area (Å²) in [6.45, 7) is 0.162. The average molecular weight is 370 g/mol. The summed E-state index contributed by atoms with van der Waals surface area (Å²) in [6, 6.07) is 7.27. The third-order valence-electron chi connectivity index (χ3n) is 3.29. The number of carbonyl (C=O) groups is 2. The zero-order chi connectivity index (χ0) is 15.0. The summed E-state index contributed by atoms with van der Waals surface area (Å²) in [5.74, 6) is 0.170. The van der Waals surface area contributed by atoms with Gasteiger partial charge in [0.15, 0.2) is 0 Å². The number of rotatable bonds is 4. The van der Waals surface area contributed by atoms with Crippen molar-refractivity contribution in [3.05, 3.63) is 40.9 Å². The monoisotopic (exact) mass is 369 g/mol. The van der Waals surface area contributed by atoms with Crippen LogP contribution in [-0.4, -0.2) is 34.1 Å². The summed E-state index contributed by atoms with van der Waals surface area (Å²) < 4.78 is 10.3. The van der Waals surface area contributed by atoms with Gasteiger partial charge < -0.3 is 9.47 Å². The summed E-state index contributed by atoms with van der Waals surface area (Å²) >= 11 is 4.73. The molecule has 0 spiro atoms. The van der Waals surface area contributed by atoms with Gasteiger partial charge in [-0.25, -0.2) is 4.79 Å². The fourth-order valence-electron chi connectivity index (χ4n) is 2.10. The number of carbonyl (C=O) groups excluding carboxylic acids is 2. The number of β-lactam (4-membered cyclic amide) rings is 1. The SMILES string of the molecule is COc1ccc(COC(=O)C2=CS[C@@H]3[C@H](Br)C(=O)N23)cc1. The molecule has 3 rings (SSSR count). The highest BCUT2D eigenvalue weighted by Crippen LogP contribution is 2.44. The van der Waals surface area contributed by atoms with Crippen LogP contribution in [0.4, 0.5) is 0 Å². The molecule has 0 aromatic heterocycles. The summed E-state index contributed by atoms with van der Waals surface area (Å²) in [7, 11) is 1.59. The average Bonchev–Trinajstić information content (AvgIpc) is 2.93. The maximum absolute atomic E-state index is 12.0. The maximum Gasteiger partial charge on any atom is 0.355 e. The van der Waals surface area contributed by atoms with Gasteiger partial charge in [-0.2, -0.15) is 0 Å². The number of benzene rings is 1. The van der Waals surface area contributed by atoms with Crippen LogP contribution in [-0.2, 0) is 20.9 Å². The number of alkyl halides is 1. The van der Waals surface area contributed by atoms with Crippen LogP contribution in [0, 0.1) is 0 Å². The molecule has 1 aromatic carbocycles. The van der Waals surface area contributed by atoms with Crippen molar-refractivity contribution >= 4 is 39.6 Å². The molecule has 1 fully saturated rings. The van der Waals surface area contributed by atoms with Crippen molar-refractivity contribution < 1.29 is 19.1 Å². The number of thioether (sulfide) groups is 1. The van der Waals surface area contributed by atoms with Gasteiger partial charge in [-0.1, -0.05) is 28.1 Å². The molecule has 5 nitrogen and oxygen atoms in total. The number of hydrogen-bond acceptors (Lipinski definition) is 5. The van der Waals surface area contributed by atoms with Crippen molar-refractivity contribution in [2.24, 2.45) is 0 Å². The largest absolute Gasteiger partial charge is 0.497 e. The summed E-state index contributed by atoms with van der Waals surface area (Å²) in [5, 5.41) is 1.65. The minimum atomic E-state index is -0.478. The molecular weight excluding hydrogens is 358 g/mol. The minimum Gasteiger partial charge on any atom is -0.497 e. The zero-order valence-corrected chi connectivity index (χ0v) is 13.5. The molecule has 0 aliphatic carbocycles. The van der Waals surface area contributed by atoms with Crippen LogP contribution in [0.15, 0.2) is 35.4 Å². The van der Waals surface area contributed by atoms with E-state index >= 15 is 0 Å². The van der Waals surface area contributed by atoms with E-state index in [9.17, 15) is 9.59 Å². The Morgan fingerprint density at radius 1 is 1.38 bits per heavy atom. The Hall–Kier alpha value is -1.47. The third-order valence-corrected chi connectivity index (χ3v) is 5.66. The minimum absolute atomic E-state index is 0.0268. The normalized spacial score (nSPS) is 23.2. The lowest BCUT2D eigenvalue weighted by atomic mass is 10.2. The number of fused-ring (bicyclic) bond motifs is 1. The van der Waals surface area contributed by atoms with E-state index in [0.717, 1.165) is 11.3 Å². The molecule has 2 heterocycles. The highest BCUT2D eigenvalue weighted by molar-refractivity contribution is 9.10. The van der Waals surface area contributed by atoms with Crippen LogP contribution in [0.25, 0.3) is 0 Å². The van der Waals surface area contributed by atoms with Crippen LogP contribution in [0.5, 0.6) is 5.75 Å². The van der Waals surface area contributed by atoms with Crippen LogP contribution >= 0.6 is 27.7 Å². The van der Waals surface area contributed by atoms with Crippen molar-refractivity contribution in [1.29, 1.82) is 0 Å². The predicted molar refractivity (Wildman–Crippen MR) is 81.8 cm³/mol. The van der Waals surface area contributed by atoms with Crippen molar-refractivity contribution in [3.63, 3.8) is 0 Å². The van der Waals surface area contributed by atoms with Gasteiger partial charge in [0.1, 0.15) is 28.3 Å². The number of methoxy groups -OCH3 is 1. The smallest absolute Gasteiger partial charge is 0.355 e. The Labute approximate surface area is 134 Å². The molecule has 21 heavy (non-hydrogen) atoms. The second-order valence-electron chi connectivity index (χ2n) is 4.56. The number of halogens is 1. The molecule has 2 aliphatic rings. The van der Waals surface area contributed by atoms with E-state index in [0.29, 0.717) is 5.70 Å². The fourth-order valence-corrected chi connectivity index (χ4v) is 4.00. The summed E-state index contributed by atoms with van der Waals surface area (Å²) in [5.41, 5.74) is 1.18. The van der Waals surface area contributed by atoms with Gasteiger partial charge in [0.05, 0.1) is 7.11 Å². The van der Waals surface area contributed by atoms with Gasteiger partial charge >= 0.3 is 5.97 Å². The molecular formula is C14H12BrNO4S.